The highest BCUT2D eigenvalue weighted by atomic mass is 79.9. The third-order valence-corrected chi connectivity index (χ3v) is 3.85. The van der Waals surface area contributed by atoms with Crippen molar-refractivity contribution in [1.82, 2.24) is 4.90 Å². The summed E-state index contributed by atoms with van der Waals surface area (Å²) in [6, 6.07) is 5.81. The van der Waals surface area contributed by atoms with E-state index < -0.39 is 0 Å². The molecule has 1 rings (SSSR count). The van der Waals surface area contributed by atoms with Crippen molar-refractivity contribution in [1.29, 1.82) is 0 Å². The maximum Gasteiger partial charge on any atom is 0.244 e. The number of aryl methyl sites for hydroxylation is 1. The van der Waals surface area contributed by atoms with Crippen molar-refractivity contribution in [2.45, 2.75) is 33.7 Å². The van der Waals surface area contributed by atoms with E-state index in [1.807, 2.05) is 50.8 Å². The van der Waals surface area contributed by atoms with Gasteiger partial charge in [-0.05, 0) is 45.4 Å². The van der Waals surface area contributed by atoms with Gasteiger partial charge in [0.2, 0.25) is 5.91 Å². The van der Waals surface area contributed by atoms with E-state index in [4.69, 9.17) is 0 Å². The summed E-state index contributed by atoms with van der Waals surface area (Å²) in [4.78, 5) is 13.9. The van der Waals surface area contributed by atoms with Crippen LogP contribution < -0.4 is 5.32 Å². The number of amides is 1. The smallest absolute Gasteiger partial charge is 0.244 e. The van der Waals surface area contributed by atoms with E-state index in [1.165, 1.54) is 5.56 Å². The fourth-order valence-corrected chi connectivity index (χ4v) is 2.18. The second-order valence-electron chi connectivity index (χ2n) is 4.34. The fraction of sp³-hybridized carbons (Fsp3) is 0.500. The van der Waals surface area contributed by atoms with Crippen molar-refractivity contribution in [3.8, 4) is 0 Å². The average molecular weight is 313 g/mol. The zero-order valence-electron chi connectivity index (χ0n) is 11.5. The van der Waals surface area contributed by atoms with Crippen molar-refractivity contribution in [2.24, 2.45) is 0 Å². The summed E-state index contributed by atoms with van der Waals surface area (Å²) < 4.78 is 1.05. The maximum atomic E-state index is 12.1. The van der Waals surface area contributed by atoms with Gasteiger partial charge in [-0.25, -0.2) is 0 Å². The molecule has 18 heavy (non-hydrogen) atoms. The molecular weight excluding hydrogens is 292 g/mol. The number of nitrogens with zero attached hydrogens (tertiary/aromatic N) is 1. The Hall–Kier alpha value is -1.03. The van der Waals surface area contributed by atoms with E-state index >= 15 is 0 Å². The van der Waals surface area contributed by atoms with E-state index in [-0.39, 0.29) is 11.9 Å². The molecule has 100 valence electrons. The molecule has 1 atom stereocenters. The zero-order valence-corrected chi connectivity index (χ0v) is 13.0. The number of nitrogens with one attached hydrogen (secondary N) is 1. The van der Waals surface area contributed by atoms with E-state index in [0.29, 0.717) is 0 Å². The number of likely N-dealkylation sites (N-methyl/N-ethyl adjacent to an activating group) is 1. The number of rotatable bonds is 5. The van der Waals surface area contributed by atoms with Gasteiger partial charge in [0.05, 0.1) is 0 Å². The van der Waals surface area contributed by atoms with Gasteiger partial charge < -0.3 is 10.2 Å². The summed E-state index contributed by atoms with van der Waals surface area (Å²) >= 11 is 3.49. The molecule has 0 aromatic heterocycles. The second kappa shape index (κ2) is 6.78. The Labute approximate surface area is 118 Å². The third kappa shape index (κ3) is 3.73. The van der Waals surface area contributed by atoms with Crippen LogP contribution in [-0.4, -0.2) is 29.9 Å². The van der Waals surface area contributed by atoms with E-state index in [9.17, 15) is 4.79 Å². The summed E-state index contributed by atoms with van der Waals surface area (Å²) in [5.41, 5.74) is 2.14. The highest BCUT2D eigenvalue weighted by molar-refractivity contribution is 9.10. The summed E-state index contributed by atoms with van der Waals surface area (Å²) in [5, 5.41) is 3.24. The van der Waals surface area contributed by atoms with Gasteiger partial charge >= 0.3 is 0 Å². The first-order valence-electron chi connectivity index (χ1n) is 6.31. The number of benzene rings is 1. The lowest BCUT2D eigenvalue weighted by atomic mass is 10.2. The van der Waals surface area contributed by atoms with Gasteiger partial charge in [-0.1, -0.05) is 22.0 Å². The standard InChI is InChI=1S/C14H21BrN2O/c1-5-17(6-2)14(18)11(4)16-12-8-7-10(3)13(15)9-12/h7-9,11,16H,5-6H2,1-4H3. The Morgan fingerprint density at radius 1 is 1.39 bits per heavy atom. The molecule has 1 aromatic rings. The fourth-order valence-electron chi connectivity index (χ4n) is 1.80. The van der Waals surface area contributed by atoms with Gasteiger partial charge in [0.15, 0.2) is 0 Å². The Morgan fingerprint density at radius 2 is 2.00 bits per heavy atom. The van der Waals surface area contributed by atoms with Gasteiger partial charge in [-0.2, -0.15) is 0 Å². The number of hydrogen-bond donors (Lipinski definition) is 1. The Bertz CT molecular complexity index is 416. The van der Waals surface area contributed by atoms with Gasteiger partial charge in [0.25, 0.3) is 0 Å². The predicted molar refractivity (Wildman–Crippen MR) is 79.9 cm³/mol. The topological polar surface area (TPSA) is 32.3 Å². The molecule has 0 aliphatic rings. The van der Waals surface area contributed by atoms with Crippen molar-refractivity contribution in [2.75, 3.05) is 18.4 Å². The van der Waals surface area contributed by atoms with E-state index in [1.54, 1.807) is 0 Å². The average Bonchev–Trinajstić information content (AvgIpc) is 2.35. The molecule has 0 bridgehead atoms. The highest BCUT2D eigenvalue weighted by Gasteiger charge is 2.17. The molecule has 3 nitrogen and oxygen atoms in total. The largest absolute Gasteiger partial charge is 0.374 e. The molecule has 1 aromatic carbocycles. The Balaban J connectivity index is 2.71. The second-order valence-corrected chi connectivity index (χ2v) is 5.19. The van der Waals surface area contributed by atoms with Crippen LogP contribution in [0.15, 0.2) is 22.7 Å². The summed E-state index contributed by atoms with van der Waals surface area (Å²) in [5.74, 6) is 0.136. The normalized spacial score (nSPS) is 12.1. The molecule has 0 fully saturated rings. The number of hydrogen-bond acceptors (Lipinski definition) is 2. The molecule has 0 aliphatic carbocycles. The monoisotopic (exact) mass is 312 g/mol. The van der Waals surface area contributed by atoms with Crippen molar-refractivity contribution in [3.63, 3.8) is 0 Å². The molecule has 1 N–H and O–H groups in total. The van der Waals surface area contributed by atoms with Crippen LogP contribution in [0, 0.1) is 6.92 Å². The van der Waals surface area contributed by atoms with E-state index in [0.717, 1.165) is 23.2 Å². The molecule has 0 heterocycles. The van der Waals surface area contributed by atoms with Gasteiger partial charge in [-0.15, -0.1) is 0 Å². The number of anilines is 1. The first-order valence-corrected chi connectivity index (χ1v) is 7.10. The van der Waals surface area contributed by atoms with Crippen LogP contribution in [0.2, 0.25) is 0 Å². The highest BCUT2D eigenvalue weighted by Crippen LogP contribution is 2.21. The lowest BCUT2D eigenvalue weighted by molar-refractivity contribution is -0.131. The molecule has 0 radical (unpaired) electrons. The SMILES string of the molecule is CCN(CC)C(=O)C(C)Nc1ccc(C)c(Br)c1. The van der Waals surface area contributed by atoms with Crippen LogP contribution in [0.1, 0.15) is 26.3 Å². The number of halogens is 1. The summed E-state index contributed by atoms with van der Waals surface area (Å²) in [6.07, 6.45) is 0. The molecule has 0 saturated heterocycles. The molecule has 1 unspecified atom stereocenters. The quantitative estimate of drug-likeness (QED) is 0.903. The molecule has 0 aliphatic heterocycles. The van der Waals surface area contributed by atoms with Crippen LogP contribution >= 0.6 is 15.9 Å². The predicted octanol–water partition coefficient (Wildman–Crippen LogP) is 3.43. The summed E-state index contributed by atoms with van der Waals surface area (Å²) in [7, 11) is 0. The minimum Gasteiger partial charge on any atom is -0.374 e. The van der Waals surface area contributed by atoms with Gasteiger partial charge in [0.1, 0.15) is 6.04 Å². The van der Waals surface area contributed by atoms with E-state index in [2.05, 4.69) is 21.2 Å². The Kier molecular flexibility index (Phi) is 5.66. The minimum atomic E-state index is -0.209. The van der Waals surface area contributed by atoms with Gasteiger partial charge in [0, 0.05) is 23.2 Å². The maximum absolute atomic E-state index is 12.1. The lowest BCUT2D eigenvalue weighted by Gasteiger charge is -2.24. The minimum absolute atomic E-state index is 0.136. The molecular formula is C14H21BrN2O. The van der Waals surface area contributed by atoms with Crippen LogP contribution in [0.25, 0.3) is 0 Å². The molecule has 0 spiro atoms. The number of carbonyl (C=O) groups is 1. The van der Waals surface area contributed by atoms with Crippen molar-refractivity contribution in [3.05, 3.63) is 28.2 Å². The third-order valence-electron chi connectivity index (χ3n) is 3.00. The van der Waals surface area contributed by atoms with Crippen molar-refractivity contribution >= 4 is 27.5 Å². The van der Waals surface area contributed by atoms with Crippen LogP contribution in [0.4, 0.5) is 5.69 Å². The van der Waals surface area contributed by atoms with Crippen LogP contribution in [0.5, 0.6) is 0 Å². The van der Waals surface area contributed by atoms with Gasteiger partial charge in [-0.3, -0.25) is 4.79 Å². The molecule has 1 amide bonds. The molecule has 4 heteroatoms. The van der Waals surface area contributed by atoms with Crippen LogP contribution in [0.3, 0.4) is 0 Å². The van der Waals surface area contributed by atoms with Crippen LogP contribution in [-0.2, 0) is 4.79 Å². The summed E-state index contributed by atoms with van der Waals surface area (Å²) in [6.45, 7) is 9.43. The Morgan fingerprint density at radius 3 is 2.50 bits per heavy atom. The first kappa shape index (κ1) is 15.0. The molecule has 0 saturated carbocycles. The lowest BCUT2D eigenvalue weighted by Crippen LogP contribution is -2.41. The first-order chi connectivity index (χ1) is 8.49. The zero-order chi connectivity index (χ0) is 13.7. The van der Waals surface area contributed by atoms with Crippen molar-refractivity contribution < 1.29 is 4.79 Å². The number of carbonyl (C=O) groups excluding carboxylic acids is 1.